The van der Waals surface area contributed by atoms with E-state index in [-0.39, 0.29) is 5.54 Å². The molecule has 2 N–H and O–H groups in total. The first kappa shape index (κ1) is 11.1. The molecule has 3 rings (SSSR count). The van der Waals surface area contributed by atoms with E-state index in [1.54, 1.807) is 0 Å². The third-order valence-corrected chi connectivity index (χ3v) is 4.11. The zero-order chi connectivity index (χ0) is 12.0. The molecule has 1 aromatic carbocycles. The van der Waals surface area contributed by atoms with Crippen LogP contribution >= 0.6 is 11.6 Å². The highest BCUT2D eigenvalue weighted by Crippen LogP contribution is 2.37. The molecule has 1 aromatic heterocycles. The number of hydrogen-bond acceptors (Lipinski definition) is 1. The molecule has 0 aliphatic heterocycles. The predicted molar refractivity (Wildman–Crippen MR) is 72.4 cm³/mol. The lowest BCUT2D eigenvalue weighted by Crippen LogP contribution is -2.22. The van der Waals surface area contributed by atoms with E-state index in [1.807, 2.05) is 13.2 Å². The van der Waals surface area contributed by atoms with Crippen molar-refractivity contribution >= 4 is 22.5 Å². The fourth-order valence-electron chi connectivity index (χ4n) is 2.35. The van der Waals surface area contributed by atoms with Gasteiger partial charge in [0.15, 0.2) is 0 Å². The van der Waals surface area contributed by atoms with Gasteiger partial charge < -0.3 is 10.3 Å². The lowest BCUT2D eigenvalue weighted by atomic mass is 10.0. The maximum Gasteiger partial charge on any atom is 0.0661 e. The van der Waals surface area contributed by atoms with Crippen LogP contribution < -0.4 is 5.73 Å². The minimum atomic E-state index is 0.134. The molecule has 1 saturated carbocycles. The number of benzene rings is 1. The van der Waals surface area contributed by atoms with Crippen LogP contribution in [0.2, 0.25) is 5.02 Å². The minimum absolute atomic E-state index is 0.134. The third-order valence-electron chi connectivity index (χ3n) is 3.81. The number of aromatic nitrogens is 1. The van der Waals surface area contributed by atoms with Gasteiger partial charge in [0.05, 0.1) is 5.02 Å². The molecule has 0 amide bonds. The van der Waals surface area contributed by atoms with Gasteiger partial charge in [-0.25, -0.2) is 0 Å². The van der Waals surface area contributed by atoms with Crippen LogP contribution in [0.1, 0.15) is 24.8 Å². The van der Waals surface area contributed by atoms with Crippen LogP contribution in [0.15, 0.2) is 24.4 Å². The molecule has 0 saturated heterocycles. The number of nitrogens with zero attached hydrogens (tertiary/aromatic N) is 1. The molecule has 1 fully saturated rings. The van der Waals surface area contributed by atoms with Crippen LogP contribution in [-0.2, 0) is 13.5 Å². The van der Waals surface area contributed by atoms with Gasteiger partial charge in [-0.05, 0) is 43.4 Å². The zero-order valence-electron chi connectivity index (χ0n) is 10.0. The van der Waals surface area contributed by atoms with E-state index in [0.29, 0.717) is 0 Å². The Kier molecular flexibility index (Phi) is 2.46. The van der Waals surface area contributed by atoms with E-state index in [9.17, 15) is 0 Å². The van der Waals surface area contributed by atoms with E-state index >= 15 is 0 Å². The molecule has 90 valence electrons. The quantitative estimate of drug-likeness (QED) is 0.888. The van der Waals surface area contributed by atoms with Gasteiger partial charge in [-0.3, -0.25) is 0 Å². The van der Waals surface area contributed by atoms with Crippen LogP contribution in [-0.4, -0.2) is 10.1 Å². The van der Waals surface area contributed by atoms with Gasteiger partial charge >= 0.3 is 0 Å². The number of hydrogen-bond donors (Lipinski definition) is 1. The lowest BCUT2D eigenvalue weighted by Gasteiger charge is -2.08. The van der Waals surface area contributed by atoms with Crippen LogP contribution in [0.4, 0.5) is 0 Å². The molecule has 3 heteroatoms. The van der Waals surface area contributed by atoms with E-state index in [0.717, 1.165) is 23.3 Å². The smallest absolute Gasteiger partial charge is 0.0661 e. The van der Waals surface area contributed by atoms with Crippen molar-refractivity contribution in [3.8, 4) is 0 Å². The fraction of sp³-hybridized carbons (Fsp3) is 0.429. The number of rotatable bonds is 3. The molecular formula is C14H17ClN2. The first-order chi connectivity index (χ1) is 8.07. The summed E-state index contributed by atoms with van der Waals surface area (Å²) in [6.07, 6.45) is 6.46. The first-order valence-electron chi connectivity index (χ1n) is 6.10. The number of nitrogens with two attached hydrogens (primary N) is 1. The maximum absolute atomic E-state index is 6.21. The summed E-state index contributed by atoms with van der Waals surface area (Å²) in [6, 6.07) is 6.53. The van der Waals surface area contributed by atoms with Crippen molar-refractivity contribution < 1.29 is 0 Å². The molecule has 0 atom stereocenters. The van der Waals surface area contributed by atoms with Gasteiger partial charge in [0.1, 0.15) is 0 Å². The van der Waals surface area contributed by atoms with Gasteiger partial charge in [-0.15, -0.1) is 0 Å². The monoisotopic (exact) mass is 248 g/mol. The zero-order valence-corrected chi connectivity index (χ0v) is 10.8. The van der Waals surface area contributed by atoms with Crippen molar-refractivity contribution in [2.24, 2.45) is 12.8 Å². The summed E-state index contributed by atoms with van der Waals surface area (Å²) in [5, 5.41) is 1.98. The van der Waals surface area contributed by atoms with Gasteiger partial charge in [0.2, 0.25) is 0 Å². The van der Waals surface area contributed by atoms with Crippen molar-refractivity contribution in [1.82, 2.24) is 4.57 Å². The van der Waals surface area contributed by atoms with E-state index in [2.05, 4.69) is 22.8 Å². The van der Waals surface area contributed by atoms with Crippen LogP contribution in [0.25, 0.3) is 10.9 Å². The van der Waals surface area contributed by atoms with Gasteiger partial charge in [0.25, 0.3) is 0 Å². The van der Waals surface area contributed by atoms with Gasteiger partial charge in [-0.1, -0.05) is 17.7 Å². The van der Waals surface area contributed by atoms with E-state index < -0.39 is 0 Å². The van der Waals surface area contributed by atoms with Crippen molar-refractivity contribution in [3.63, 3.8) is 0 Å². The number of halogens is 1. The molecule has 0 spiro atoms. The molecule has 1 heterocycles. The maximum atomic E-state index is 6.21. The Morgan fingerprint density at radius 2 is 2.18 bits per heavy atom. The van der Waals surface area contributed by atoms with Crippen molar-refractivity contribution in [1.29, 1.82) is 0 Å². The van der Waals surface area contributed by atoms with Crippen molar-refractivity contribution in [2.45, 2.75) is 31.2 Å². The Morgan fingerprint density at radius 1 is 1.41 bits per heavy atom. The van der Waals surface area contributed by atoms with Gasteiger partial charge in [-0.2, -0.15) is 0 Å². The van der Waals surface area contributed by atoms with E-state index in [4.69, 9.17) is 17.3 Å². The van der Waals surface area contributed by atoms with Gasteiger partial charge in [0, 0.05) is 29.7 Å². The minimum Gasteiger partial charge on any atom is -0.349 e. The molecule has 17 heavy (non-hydrogen) atoms. The Labute approximate surface area is 106 Å². The fourth-order valence-corrected chi connectivity index (χ4v) is 2.65. The predicted octanol–water partition coefficient (Wildman–Crippen LogP) is 3.26. The SMILES string of the molecule is Cn1cc(Cl)c2cc(CCC3(N)CC3)ccc21. The summed E-state index contributed by atoms with van der Waals surface area (Å²) in [6.45, 7) is 0. The molecule has 2 aromatic rings. The Morgan fingerprint density at radius 3 is 2.88 bits per heavy atom. The highest BCUT2D eigenvalue weighted by molar-refractivity contribution is 6.35. The summed E-state index contributed by atoms with van der Waals surface area (Å²) in [4.78, 5) is 0. The topological polar surface area (TPSA) is 30.9 Å². The molecular weight excluding hydrogens is 232 g/mol. The second-order valence-electron chi connectivity index (χ2n) is 5.30. The average molecular weight is 249 g/mol. The highest BCUT2D eigenvalue weighted by atomic mass is 35.5. The molecule has 0 radical (unpaired) electrons. The summed E-state index contributed by atoms with van der Waals surface area (Å²) >= 11 is 6.21. The number of fused-ring (bicyclic) bond motifs is 1. The van der Waals surface area contributed by atoms with Crippen LogP contribution in [0.5, 0.6) is 0 Å². The summed E-state index contributed by atoms with van der Waals surface area (Å²) < 4.78 is 2.06. The van der Waals surface area contributed by atoms with Crippen LogP contribution in [0.3, 0.4) is 0 Å². The molecule has 1 aliphatic carbocycles. The third kappa shape index (κ3) is 2.07. The molecule has 1 aliphatic rings. The summed E-state index contributed by atoms with van der Waals surface area (Å²) in [7, 11) is 2.02. The molecule has 0 unspecified atom stereocenters. The van der Waals surface area contributed by atoms with Crippen LogP contribution in [0, 0.1) is 0 Å². The Hall–Kier alpha value is -0.990. The van der Waals surface area contributed by atoms with Crippen molar-refractivity contribution in [2.75, 3.05) is 0 Å². The summed E-state index contributed by atoms with van der Waals surface area (Å²) in [5.41, 5.74) is 8.77. The Bertz CT molecular complexity index is 567. The summed E-state index contributed by atoms with van der Waals surface area (Å²) in [5.74, 6) is 0. The number of aryl methyl sites for hydroxylation is 2. The Balaban J connectivity index is 1.88. The molecule has 2 nitrogen and oxygen atoms in total. The second-order valence-corrected chi connectivity index (χ2v) is 5.71. The lowest BCUT2D eigenvalue weighted by molar-refractivity contribution is 0.609. The second kappa shape index (κ2) is 3.76. The first-order valence-corrected chi connectivity index (χ1v) is 6.48. The normalized spacial score (nSPS) is 17.6. The largest absolute Gasteiger partial charge is 0.349 e. The average Bonchev–Trinajstić information content (AvgIpc) is 2.98. The highest BCUT2D eigenvalue weighted by Gasteiger charge is 2.37. The molecule has 0 bridgehead atoms. The van der Waals surface area contributed by atoms with Crippen molar-refractivity contribution in [3.05, 3.63) is 35.0 Å². The van der Waals surface area contributed by atoms with E-state index in [1.165, 1.54) is 23.9 Å². The standard InChI is InChI=1S/C14H17ClN2/c1-17-9-12(15)11-8-10(2-3-13(11)17)4-5-14(16)6-7-14/h2-3,8-9H,4-7,16H2,1H3.